The predicted molar refractivity (Wildman–Crippen MR) is 113 cm³/mol. The summed E-state index contributed by atoms with van der Waals surface area (Å²) in [6.07, 6.45) is -4.74. The van der Waals surface area contributed by atoms with E-state index in [9.17, 15) is 23.1 Å². The third-order valence-electron chi connectivity index (χ3n) is 4.73. The van der Waals surface area contributed by atoms with Crippen LogP contribution >= 0.6 is 0 Å². The van der Waals surface area contributed by atoms with E-state index in [1.54, 1.807) is 42.9 Å². The highest BCUT2D eigenvalue weighted by molar-refractivity contribution is 5.76. The molecule has 2 aromatic carbocycles. The van der Waals surface area contributed by atoms with Crippen LogP contribution in [0.2, 0.25) is 0 Å². The number of aryl methyl sites for hydroxylation is 2. The Bertz CT molecular complexity index is 1140. The fraction of sp³-hybridized carbons (Fsp3) is 0.304. The molecule has 0 fully saturated rings. The number of benzene rings is 2. The highest BCUT2D eigenvalue weighted by Crippen LogP contribution is 2.29. The molecule has 0 saturated heterocycles. The molecule has 0 unspecified atom stereocenters. The standard InChI is InChI=1S/C23H23F3N2O5/c1-14-11-18(9-10-20(14)33-22(2,3)21(29)30)31-13-16-12-19(28(4)27-16)15-5-7-17(8-6-15)32-23(24,25)26/h5-12H,13H2,1-4H3,(H,29,30). The highest BCUT2D eigenvalue weighted by atomic mass is 19.4. The average molecular weight is 464 g/mol. The zero-order valence-corrected chi connectivity index (χ0v) is 18.4. The van der Waals surface area contributed by atoms with Gasteiger partial charge in [-0.25, -0.2) is 4.79 Å². The van der Waals surface area contributed by atoms with Crippen LogP contribution in [0.5, 0.6) is 17.2 Å². The molecule has 176 valence electrons. The van der Waals surface area contributed by atoms with Crippen LogP contribution in [0.15, 0.2) is 48.5 Å². The summed E-state index contributed by atoms with van der Waals surface area (Å²) >= 11 is 0. The van der Waals surface area contributed by atoms with Gasteiger partial charge in [-0.2, -0.15) is 5.10 Å². The van der Waals surface area contributed by atoms with Crippen LogP contribution in [-0.2, 0) is 18.4 Å². The first-order valence-corrected chi connectivity index (χ1v) is 9.89. The summed E-state index contributed by atoms with van der Waals surface area (Å²) in [4.78, 5) is 11.3. The number of alkyl halides is 3. The van der Waals surface area contributed by atoms with Gasteiger partial charge in [-0.1, -0.05) is 0 Å². The number of carboxylic acid groups (broad SMARTS) is 1. The van der Waals surface area contributed by atoms with E-state index in [-0.39, 0.29) is 12.4 Å². The number of ether oxygens (including phenoxy) is 3. The summed E-state index contributed by atoms with van der Waals surface area (Å²) in [6.45, 7) is 4.87. The first-order chi connectivity index (χ1) is 15.3. The van der Waals surface area contributed by atoms with Crippen molar-refractivity contribution in [2.45, 2.75) is 39.3 Å². The van der Waals surface area contributed by atoms with Crippen molar-refractivity contribution in [3.8, 4) is 28.5 Å². The van der Waals surface area contributed by atoms with Crippen molar-refractivity contribution in [1.82, 2.24) is 9.78 Å². The molecule has 1 N–H and O–H groups in total. The zero-order valence-electron chi connectivity index (χ0n) is 18.4. The fourth-order valence-corrected chi connectivity index (χ4v) is 3.00. The Hall–Kier alpha value is -3.69. The smallest absolute Gasteiger partial charge is 0.487 e. The van der Waals surface area contributed by atoms with E-state index in [1.165, 1.54) is 38.1 Å². The topological polar surface area (TPSA) is 82.8 Å². The molecule has 0 spiro atoms. The van der Waals surface area contributed by atoms with Crippen molar-refractivity contribution >= 4 is 5.97 Å². The number of hydrogen-bond donors (Lipinski definition) is 1. The minimum absolute atomic E-state index is 0.156. The van der Waals surface area contributed by atoms with Crippen molar-refractivity contribution in [1.29, 1.82) is 0 Å². The lowest BCUT2D eigenvalue weighted by molar-refractivity contribution is -0.274. The lowest BCUT2D eigenvalue weighted by Gasteiger charge is -2.23. The van der Waals surface area contributed by atoms with Gasteiger partial charge in [-0.3, -0.25) is 4.68 Å². The molecule has 1 aromatic heterocycles. The number of hydrogen-bond acceptors (Lipinski definition) is 5. The first kappa shape index (κ1) is 24.0. The van der Waals surface area contributed by atoms with Crippen LogP contribution in [0.25, 0.3) is 11.3 Å². The number of carbonyl (C=O) groups is 1. The molecule has 0 atom stereocenters. The molecule has 33 heavy (non-hydrogen) atoms. The fourth-order valence-electron chi connectivity index (χ4n) is 3.00. The second-order valence-corrected chi connectivity index (χ2v) is 7.85. The maximum atomic E-state index is 12.3. The van der Waals surface area contributed by atoms with E-state index in [1.807, 2.05) is 0 Å². The maximum absolute atomic E-state index is 12.3. The molecular formula is C23H23F3N2O5. The second-order valence-electron chi connectivity index (χ2n) is 7.85. The van der Waals surface area contributed by atoms with Crippen molar-refractivity contribution in [3.63, 3.8) is 0 Å². The predicted octanol–water partition coefficient (Wildman–Crippen LogP) is 5.12. The van der Waals surface area contributed by atoms with Gasteiger partial charge in [0.15, 0.2) is 5.60 Å². The van der Waals surface area contributed by atoms with Gasteiger partial charge < -0.3 is 19.3 Å². The van der Waals surface area contributed by atoms with Crippen molar-refractivity contribution in [2.75, 3.05) is 0 Å². The summed E-state index contributed by atoms with van der Waals surface area (Å²) in [5.74, 6) is -0.385. The largest absolute Gasteiger partial charge is 0.573 e. The van der Waals surface area contributed by atoms with Gasteiger partial charge in [0.2, 0.25) is 0 Å². The summed E-state index contributed by atoms with van der Waals surface area (Å²) in [7, 11) is 1.72. The van der Waals surface area contributed by atoms with Gasteiger partial charge in [0, 0.05) is 12.6 Å². The van der Waals surface area contributed by atoms with Gasteiger partial charge in [0.1, 0.15) is 29.5 Å². The number of nitrogens with zero attached hydrogens (tertiary/aromatic N) is 2. The van der Waals surface area contributed by atoms with Crippen LogP contribution in [0.4, 0.5) is 13.2 Å². The summed E-state index contributed by atoms with van der Waals surface area (Å²) < 4.78 is 53.8. The quantitative estimate of drug-likeness (QED) is 0.499. The molecule has 0 aliphatic carbocycles. The van der Waals surface area contributed by atoms with E-state index in [0.717, 1.165) is 0 Å². The van der Waals surface area contributed by atoms with Gasteiger partial charge >= 0.3 is 12.3 Å². The number of carboxylic acids is 1. The number of aliphatic carboxylic acids is 1. The van der Waals surface area contributed by atoms with Crippen molar-refractivity contribution in [3.05, 3.63) is 59.8 Å². The van der Waals surface area contributed by atoms with Crippen LogP contribution in [-0.4, -0.2) is 32.8 Å². The molecule has 3 aromatic rings. The second kappa shape index (κ2) is 9.05. The molecule has 0 aliphatic heterocycles. The number of aromatic nitrogens is 2. The molecule has 0 amide bonds. The first-order valence-electron chi connectivity index (χ1n) is 9.89. The highest BCUT2D eigenvalue weighted by Gasteiger charge is 2.31. The molecule has 1 heterocycles. The summed E-state index contributed by atoms with van der Waals surface area (Å²) in [6, 6.07) is 12.3. The van der Waals surface area contributed by atoms with Crippen molar-refractivity contribution in [2.24, 2.45) is 7.05 Å². The lowest BCUT2D eigenvalue weighted by atomic mass is 10.1. The van der Waals surface area contributed by atoms with E-state index in [2.05, 4.69) is 9.84 Å². The van der Waals surface area contributed by atoms with E-state index in [4.69, 9.17) is 9.47 Å². The Labute approximate surface area is 188 Å². The Kier molecular flexibility index (Phi) is 6.57. The molecule has 0 bridgehead atoms. The molecule has 10 heteroatoms. The molecule has 0 radical (unpaired) electrons. The molecule has 3 rings (SSSR count). The van der Waals surface area contributed by atoms with Crippen LogP contribution in [0.1, 0.15) is 25.1 Å². The Morgan fingerprint density at radius 2 is 1.67 bits per heavy atom. The van der Waals surface area contributed by atoms with Gasteiger partial charge in [0.25, 0.3) is 0 Å². The average Bonchev–Trinajstić information content (AvgIpc) is 3.08. The molecule has 0 saturated carbocycles. The van der Waals surface area contributed by atoms with Crippen molar-refractivity contribution < 1.29 is 37.3 Å². The van der Waals surface area contributed by atoms with Crippen LogP contribution in [0.3, 0.4) is 0 Å². The number of halogens is 3. The van der Waals surface area contributed by atoms with Crippen LogP contribution in [0, 0.1) is 6.92 Å². The third-order valence-corrected chi connectivity index (χ3v) is 4.73. The van der Waals surface area contributed by atoms with Crippen LogP contribution < -0.4 is 14.2 Å². The van der Waals surface area contributed by atoms with E-state index in [0.29, 0.717) is 34.0 Å². The lowest BCUT2D eigenvalue weighted by Crippen LogP contribution is -2.38. The van der Waals surface area contributed by atoms with E-state index >= 15 is 0 Å². The Morgan fingerprint density at radius 3 is 2.24 bits per heavy atom. The minimum Gasteiger partial charge on any atom is -0.487 e. The summed E-state index contributed by atoms with van der Waals surface area (Å²) in [5, 5.41) is 13.6. The zero-order chi connectivity index (χ0) is 24.4. The van der Waals surface area contributed by atoms with E-state index < -0.39 is 17.9 Å². The normalized spacial score (nSPS) is 11.8. The van der Waals surface area contributed by atoms with Gasteiger partial charge in [0.05, 0.1) is 5.69 Å². The molecule has 0 aliphatic rings. The Morgan fingerprint density at radius 1 is 1.03 bits per heavy atom. The molecular weight excluding hydrogens is 441 g/mol. The SMILES string of the molecule is Cc1cc(OCc2cc(-c3ccc(OC(F)(F)F)cc3)n(C)n2)ccc1OC(C)(C)C(=O)O. The number of rotatable bonds is 8. The third kappa shape index (κ3) is 6.18. The maximum Gasteiger partial charge on any atom is 0.573 e. The Balaban J connectivity index is 1.67. The minimum atomic E-state index is -4.74. The van der Waals surface area contributed by atoms with Gasteiger partial charge in [-0.15, -0.1) is 13.2 Å². The monoisotopic (exact) mass is 464 g/mol. The van der Waals surface area contributed by atoms with Gasteiger partial charge in [-0.05, 0) is 74.9 Å². The summed E-state index contributed by atoms with van der Waals surface area (Å²) in [5.41, 5.74) is 1.33. The molecule has 7 nitrogen and oxygen atoms in total.